The summed E-state index contributed by atoms with van der Waals surface area (Å²) >= 11 is 0. The van der Waals surface area contributed by atoms with Crippen LogP contribution in [0.4, 0.5) is 0 Å². The average Bonchev–Trinajstić information content (AvgIpc) is 2.45. The van der Waals surface area contributed by atoms with Crippen LogP contribution in [0.1, 0.15) is 31.9 Å². The highest BCUT2D eigenvalue weighted by Gasteiger charge is 2.41. The molecule has 21 heavy (non-hydrogen) atoms. The first-order valence-electron chi connectivity index (χ1n) is 7.32. The molecule has 2 aliphatic heterocycles. The van der Waals surface area contributed by atoms with Crippen LogP contribution in [-0.2, 0) is 9.53 Å². The summed E-state index contributed by atoms with van der Waals surface area (Å²) in [5, 5.41) is 9.46. The van der Waals surface area contributed by atoms with Crippen LogP contribution in [0.25, 0.3) is 0 Å². The average molecular weight is 291 g/mol. The van der Waals surface area contributed by atoms with E-state index >= 15 is 0 Å². The molecule has 3 rings (SSSR count). The van der Waals surface area contributed by atoms with Gasteiger partial charge in [0.1, 0.15) is 17.4 Å². The molecule has 1 aromatic rings. The van der Waals surface area contributed by atoms with E-state index in [2.05, 4.69) is 4.90 Å². The maximum absolute atomic E-state index is 11.5. The molecule has 0 aromatic heterocycles. The van der Waals surface area contributed by atoms with Crippen molar-refractivity contribution in [1.82, 2.24) is 4.90 Å². The Kier molecular flexibility index (Phi) is 3.63. The molecule has 2 heterocycles. The van der Waals surface area contributed by atoms with Crippen molar-refractivity contribution < 1.29 is 19.4 Å². The molecule has 0 spiro atoms. The third kappa shape index (κ3) is 2.76. The van der Waals surface area contributed by atoms with E-state index in [0.29, 0.717) is 13.2 Å². The zero-order valence-electron chi connectivity index (χ0n) is 12.4. The number of carboxylic acid groups (broad SMARTS) is 1. The third-order valence-corrected chi connectivity index (χ3v) is 4.20. The SMILES string of the molecule is CC1(C)CC(N2CCOCC2C(=O)O)c2ccccc2O1. The fraction of sp³-hybridized carbons (Fsp3) is 0.562. The Hall–Kier alpha value is -1.59. The van der Waals surface area contributed by atoms with Gasteiger partial charge in [-0.15, -0.1) is 0 Å². The quantitative estimate of drug-likeness (QED) is 0.904. The topological polar surface area (TPSA) is 59.0 Å². The molecule has 2 unspecified atom stereocenters. The fourth-order valence-corrected chi connectivity index (χ4v) is 3.26. The number of ether oxygens (including phenoxy) is 2. The standard InChI is InChI=1S/C16H21NO4/c1-16(2)9-12(11-5-3-4-6-14(11)21-16)17-7-8-20-10-13(17)15(18)19/h3-6,12-13H,7-10H2,1-2H3,(H,18,19). The lowest BCUT2D eigenvalue weighted by Gasteiger charge is -2.45. The van der Waals surface area contributed by atoms with E-state index in [1.54, 1.807) is 0 Å². The van der Waals surface area contributed by atoms with Crippen LogP contribution in [-0.4, -0.2) is 47.4 Å². The Morgan fingerprint density at radius 1 is 1.38 bits per heavy atom. The van der Waals surface area contributed by atoms with Crippen molar-refractivity contribution in [1.29, 1.82) is 0 Å². The summed E-state index contributed by atoms with van der Waals surface area (Å²) in [6, 6.07) is 7.37. The largest absolute Gasteiger partial charge is 0.487 e. The summed E-state index contributed by atoms with van der Waals surface area (Å²) in [7, 11) is 0. The molecule has 0 saturated carbocycles. The Morgan fingerprint density at radius 2 is 2.14 bits per heavy atom. The fourth-order valence-electron chi connectivity index (χ4n) is 3.26. The van der Waals surface area contributed by atoms with E-state index in [4.69, 9.17) is 9.47 Å². The zero-order chi connectivity index (χ0) is 15.0. The lowest BCUT2D eigenvalue weighted by molar-refractivity contribution is -0.153. The van der Waals surface area contributed by atoms with Gasteiger partial charge in [0.25, 0.3) is 0 Å². The van der Waals surface area contributed by atoms with Gasteiger partial charge in [-0.25, -0.2) is 0 Å². The molecule has 5 nitrogen and oxygen atoms in total. The molecule has 1 N–H and O–H groups in total. The maximum Gasteiger partial charge on any atom is 0.323 e. The molecule has 5 heteroatoms. The van der Waals surface area contributed by atoms with Crippen LogP contribution in [0.2, 0.25) is 0 Å². The highest BCUT2D eigenvalue weighted by molar-refractivity contribution is 5.74. The third-order valence-electron chi connectivity index (χ3n) is 4.20. The summed E-state index contributed by atoms with van der Waals surface area (Å²) in [6.07, 6.45) is 0.772. The van der Waals surface area contributed by atoms with Gasteiger partial charge < -0.3 is 14.6 Å². The van der Waals surface area contributed by atoms with Gasteiger partial charge in [-0.05, 0) is 19.9 Å². The van der Waals surface area contributed by atoms with Crippen LogP contribution in [0, 0.1) is 0 Å². The number of fused-ring (bicyclic) bond motifs is 1. The van der Waals surface area contributed by atoms with Gasteiger partial charge in [-0.1, -0.05) is 18.2 Å². The first-order valence-corrected chi connectivity index (χ1v) is 7.32. The predicted octanol–water partition coefficient (Wildman–Crippen LogP) is 2.07. The number of para-hydroxylation sites is 1. The first-order chi connectivity index (χ1) is 9.98. The highest BCUT2D eigenvalue weighted by Crippen LogP contribution is 2.43. The molecule has 1 saturated heterocycles. The monoisotopic (exact) mass is 291 g/mol. The molecule has 0 radical (unpaired) electrons. The van der Waals surface area contributed by atoms with E-state index in [1.165, 1.54) is 0 Å². The van der Waals surface area contributed by atoms with Crippen LogP contribution in [0.15, 0.2) is 24.3 Å². The number of nitrogens with zero attached hydrogens (tertiary/aromatic N) is 1. The number of aliphatic carboxylic acids is 1. The number of benzene rings is 1. The van der Waals surface area contributed by atoms with E-state index in [9.17, 15) is 9.90 Å². The minimum Gasteiger partial charge on any atom is -0.487 e. The number of carbonyl (C=O) groups is 1. The molecule has 0 aliphatic carbocycles. The molecule has 2 aliphatic rings. The normalized spacial score (nSPS) is 28.5. The van der Waals surface area contributed by atoms with Crippen molar-refractivity contribution in [2.45, 2.75) is 38.0 Å². The predicted molar refractivity (Wildman–Crippen MR) is 77.5 cm³/mol. The molecule has 114 valence electrons. The minimum atomic E-state index is -0.823. The van der Waals surface area contributed by atoms with Gasteiger partial charge in [0.05, 0.1) is 13.2 Å². The van der Waals surface area contributed by atoms with Gasteiger partial charge >= 0.3 is 5.97 Å². The second kappa shape index (κ2) is 5.31. The van der Waals surface area contributed by atoms with Gasteiger partial charge in [0, 0.05) is 24.6 Å². The Labute approximate surface area is 124 Å². The van der Waals surface area contributed by atoms with Crippen LogP contribution >= 0.6 is 0 Å². The molecular weight excluding hydrogens is 270 g/mol. The summed E-state index contributed by atoms with van der Waals surface area (Å²) in [4.78, 5) is 13.6. The minimum absolute atomic E-state index is 0.0509. The van der Waals surface area contributed by atoms with Crippen molar-refractivity contribution in [3.63, 3.8) is 0 Å². The summed E-state index contributed by atoms with van der Waals surface area (Å²) in [6.45, 7) is 5.55. The Morgan fingerprint density at radius 3 is 2.90 bits per heavy atom. The number of morpholine rings is 1. The van der Waals surface area contributed by atoms with Crippen molar-refractivity contribution in [2.75, 3.05) is 19.8 Å². The van der Waals surface area contributed by atoms with E-state index in [1.807, 2.05) is 38.1 Å². The van der Waals surface area contributed by atoms with Gasteiger partial charge in [0.2, 0.25) is 0 Å². The molecule has 1 aromatic carbocycles. The number of rotatable bonds is 2. The molecule has 2 atom stereocenters. The van der Waals surface area contributed by atoms with Crippen molar-refractivity contribution in [3.8, 4) is 5.75 Å². The molecule has 0 bridgehead atoms. The molecular formula is C16H21NO4. The summed E-state index contributed by atoms with van der Waals surface area (Å²) in [5.74, 6) is 0.0332. The first kappa shape index (κ1) is 14.4. The highest BCUT2D eigenvalue weighted by atomic mass is 16.5. The van der Waals surface area contributed by atoms with Crippen molar-refractivity contribution in [2.24, 2.45) is 0 Å². The number of hydrogen-bond donors (Lipinski definition) is 1. The van der Waals surface area contributed by atoms with Gasteiger partial charge in [-0.3, -0.25) is 9.69 Å². The van der Waals surface area contributed by atoms with E-state index in [-0.39, 0.29) is 18.2 Å². The number of hydrogen-bond acceptors (Lipinski definition) is 4. The van der Waals surface area contributed by atoms with Crippen LogP contribution in [0.3, 0.4) is 0 Å². The maximum atomic E-state index is 11.5. The summed E-state index contributed by atoms with van der Waals surface area (Å²) < 4.78 is 11.4. The second-order valence-electron chi connectivity index (χ2n) is 6.29. The lowest BCUT2D eigenvalue weighted by Crippen LogP contribution is -2.53. The summed E-state index contributed by atoms with van der Waals surface area (Å²) in [5.41, 5.74) is 0.769. The molecule has 0 amide bonds. The lowest BCUT2D eigenvalue weighted by atomic mass is 9.87. The molecule has 1 fully saturated rings. The van der Waals surface area contributed by atoms with Gasteiger partial charge in [-0.2, -0.15) is 0 Å². The van der Waals surface area contributed by atoms with Crippen molar-refractivity contribution >= 4 is 5.97 Å². The smallest absolute Gasteiger partial charge is 0.323 e. The Bertz CT molecular complexity index is 543. The van der Waals surface area contributed by atoms with E-state index in [0.717, 1.165) is 17.7 Å². The van der Waals surface area contributed by atoms with Gasteiger partial charge in [0.15, 0.2) is 0 Å². The Balaban J connectivity index is 1.98. The second-order valence-corrected chi connectivity index (χ2v) is 6.29. The van der Waals surface area contributed by atoms with Crippen LogP contribution < -0.4 is 4.74 Å². The number of carboxylic acids is 1. The van der Waals surface area contributed by atoms with Crippen molar-refractivity contribution in [3.05, 3.63) is 29.8 Å². The van der Waals surface area contributed by atoms with E-state index < -0.39 is 12.0 Å². The zero-order valence-corrected chi connectivity index (χ0v) is 12.4. The van der Waals surface area contributed by atoms with Crippen LogP contribution in [0.5, 0.6) is 5.75 Å².